The third-order valence-electron chi connectivity index (χ3n) is 2.72. The summed E-state index contributed by atoms with van der Waals surface area (Å²) in [6.45, 7) is 10.4. The Kier molecular flexibility index (Phi) is 5.73. The lowest BCUT2D eigenvalue weighted by Crippen LogP contribution is -2.13. The molecule has 1 rings (SSSR count). The average Bonchev–Trinajstić information content (AvgIpc) is 2.32. The van der Waals surface area contributed by atoms with E-state index in [4.69, 9.17) is 0 Å². The molecule has 0 fully saturated rings. The van der Waals surface area contributed by atoms with Gasteiger partial charge in [0.05, 0.1) is 0 Å². The molecule has 1 aromatic heterocycles. The molecule has 2 N–H and O–H groups in total. The summed E-state index contributed by atoms with van der Waals surface area (Å²) in [7, 11) is 0. The summed E-state index contributed by atoms with van der Waals surface area (Å²) in [5.74, 6) is 2.30. The fourth-order valence-corrected chi connectivity index (χ4v) is 1.40. The van der Waals surface area contributed by atoms with Crippen LogP contribution in [-0.2, 0) is 0 Å². The molecule has 17 heavy (non-hydrogen) atoms. The molecule has 1 atom stereocenters. The highest BCUT2D eigenvalue weighted by molar-refractivity contribution is 5.42. The van der Waals surface area contributed by atoms with Gasteiger partial charge in [0.2, 0.25) is 5.95 Å². The molecule has 0 radical (unpaired) electrons. The molecule has 0 spiro atoms. The van der Waals surface area contributed by atoms with E-state index in [-0.39, 0.29) is 0 Å². The molecule has 1 heterocycles. The highest BCUT2D eigenvalue weighted by Gasteiger charge is 2.03. The number of rotatable bonds is 7. The number of aryl methyl sites for hydroxylation is 1. The van der Waals surface area contributed by atoms with E-state index >= 15 is 0 Å². The Balaban J connectivity index is 2.61. The van der Waals surface area contributed by atoms with Crippen molar-refractivity contribution in [1.29, 1.82) is 0 Å². The van der Waals surface area contributed by atoms with Crippen molar-refractivity contribution in [1.82, 2.24) is 9.97 Å². The molecule has 4 heteroatoms. The Morgan fingerprint density at radius 3 is 2.65 bits per heavy atom. The molecule has 0 aliphatic rings. The summed E-state index contributed by atoms with van der Waals surface area (Å²) in [6, 6.07) is 1.99. The predicted molar refractivity (Wildman–Crippen MR) is 73.5 cm³/mol. The third kappa shape index (κ3) is 5.02. The zero-order chi connectivity index (χ0) is 12.7. The third-order valence-corrected chi connectivity index (χ3v) is 2.72. The second kappa shape index (κ2) is 7.09. The van der Waals surface area contributed by atoms with Crippen LogP contribution in [0.15, 0.2) is 6.07 Å². The largest absolute Gasteiger partial charge is 0.370 e. The van der Waals surface area contributed by atoms with Crippen molar-refractivity contribution in [3.8, 4) is 0 Å². The van der Waals surface area contributed by atoms with Crippen LogP contribution in [0.4, 0.5) is 11.8 Å². The molecule has 1 aromatic rings. The van der Waals surface area contributed by atoms with Crippen LogP contribution in [0.5, 0.6) is 0 Å². The SMILES string of the molecule is CCCNc1nc(C)cc(NCC(C)CC)n1. The quantitative estimate of drug-likeness (QED) is 0.764. The molecule has 0 amide bonds. The van der Waals surface area contributed by atoms with E-state index in [1.807, 2.05) is 13.0 Å². The Labute approximate surface area is 104 Å². The van der Waals surface area contributed by atoms with Gasteiger partial charge in [-0.15, -0.1) is 0 Å². The second-order valence-corrected chi connectivity index (χ2v) is 4.54. The molecule has 4 nitrogen and oxygen atoms in total. The van der Waals surface area contributed by atoms with E-state index < -0.39 is 0 Å². The van der Waals surface area contributed by atoms with E-state index in [1.165, 1.54) is 6.42 Å². The van der Waals surface area contributed by atoms with E-state index in [0.717, 1.165) is 37.0 Å². The first kappa shape index (κ1) is 13.7. The van der Waals surface area contributed by atoms with Gasteiger partial charge in [-0.1, -0.05) is 27.2 Å². The summed E-state index contributed by atoms with van der Waals surface area (Å²) in [4.78, 5) is 8.80. The molecular formula is C13H24N4. The van der Waals surface area contributed by atoms with Gasteiger partial charge in [0, 0.05) is 24.8 Å². The van der Waals surface area contributed by atoms with Crippen LogP contribution >= 0.6 is 0 Å². The summed E-state index contributed by atoms with van der Waals surface area (Å²) in [6.07, 6.45) is 2.25. The van der Waals surface area contributed by atoms with Crippen molar-refractivity contribution in [2.24, 2.45) is 5.92 Å². The Hall–Kier alpha value is -1.32. The van der Waals surface area contributed by atoms with Gasteiger partial charge in [-0.3, -0.25) is 0 Å². The highest BCUT2D eigenvalue weighted by Crippen LogP contribution is 2.11. The molecule has 0 saturated carbocycles. The lowest BCUT2D eigenvalue weighted by atomic mass is 10.1. The number of hydrogen-bond acceptors (Lipinski definition) is 4. The van der Waals surface area contributed by atoms with Crippen molar-refractivity contribution in [3.05, 3.63) is 11.8 Å². The van der Waals surface area contributed by atoms with Gasteiger partial charge in [-0.2, -0.15) is 4.98 Å². The molecule has 0 aromatic carbocycles. The van der Waals surface area contributed by atoms with Crippen molar-refractivity contribution in [2.75, 3.05) is 23.7 Å². The maximum absolute atomic E-state index is 4.44. The number of nitrogens with one attached hydrogen (secondary N) is 2. The van der Waals surface area contributed by atoms with Gasteiger partial charge in [0.15, 0.2) is 0 Å². The average molecular weight is 236 g/mol. The summed E-state index contributed by atoms with van der Waals surface area (Å²) >= 11 is 0. The monoisotopic (exact) mass is 236 g/mol. The number of nitrogens with zero attached hydrogens (tertiary/aromatic N) is 2. The maximum Gasteiger partial charge on any atom is 0.224 e. The second-order valence-electron chi connectivity index (χ2n) is 4.54. The van der Waals surface area contributed by atoms with Crippen LogP contribution in [0.25, 0.3) is 0 Å². The number of aromatic nitrogens is 2. The summed E-state index contributed by atoms with van der Waals surface area (Å²) in [5.41, 5.74) is 0.991. The van der Waals surface area contributed by atoms with Crippen LogP contribution < -0.4 is 10.6 Å². The molecular weight excluding hydrogens is 212 g/mol. The summed E-state index contributed by atoms with van der Waals surface area (Å²) in [5, 5.41) is 6.58. The van der Waals surface area contributed by atoms with Crippen molar-refractivity contribution in [2.45, 2.75) is 40.5 Å². The van der Waals surface area contributed by atoms with Crippen LogP contribution in [0.2, 0.25) is 0 Å². The zero-order valence-electron chi connectivity index (χ0n) is 11.4. The van der Waals surface area contributed by atoms with E-state index in [0.29, 0.717) is 5.92 Å². The first-order valence-electron chi connectivity index (χ1n) is 6.49. The Bertz CT molecular complexity index is 338. The first-order valence-corrected chi connectivity index (χ1v) is 6.49. The fourth-order valence-electron chi connectivity index (χ4n) is 1.40. The van der Waals surface area contributed by atoms with Gasteiger partial charge in [0.25, 0.3) is 0 Å². The van der Waals surface area contributed by atoms with Gasteiger partial charge < -0.3 is 10.6 Å². The molecule has 96 valence electrons. The van der Waals surface area contributed by atoms with Crippen LogP contribution in [0.1, 0.15) is 39.3 Å². The number of anilines is 2. The molecule has 0 aliphatic carbocycles. The van der Waals surface area contributed by atoms with Crippen molar-refractivity contribution < 1.29 is 0 Å². The minimum atomic E-state index is 0.664. The van der Waals surface area contributed by atoms with Gasteiger partial charge in [-0.05, 0) is 19.3 Å². The van der Waals surface area contributed by atoms with E-state index in [9.17, 15) is 0 Å². The van der Waals surface area contributed by atoms with E-state index in [1.54, 1.807) is 0 Å². The summed E-state index contributed by atoms with van der Waals surface area (Å²) < 4.78 is 0. The van der Waals surface area contributed by atoms with Crippen LogP contribution in [0, 0.1) is 12.8 Å². The molecule has 0 aliphatic heterocycles. The van der Waals surface area contributed by atoms with Crippen molar-refractivity contribution in [3.63, 3.8) is 0 Å². The van der Waals surface area contributed by atoms with Crippen LogP contribution in [-0.4, -0.2) is 23.1 Å². The topological polar surface area (TPSA) is 49.8 Å². The maximum atomic E-state index is 4.44. The predicted octanol–water partition coefficient (Wildman–Crippen LogP) is 3.06. The van der Waals surface area contributed by atoms with Crippen molar-refractivity contribution >= 4 is 11.8 Å². The van der Waals surface area contributed by atoms with Gasteiger partial charge in [-0.25, -0.2) is 4.98 Å². The standard InChI is InChI=1S/C13H24N4/c1-5-7-14-13-16-11(4)8-12(17-13)15-9-10(3)6-2/h8,10H,5-7,9H2,1-4H3,(H2,14,15,16,17). The fraction of sp³-hybridized carbons (Fsp3) is 0.692. The molecule has 1 unspecified atom stereocenters. The van der Waals surface area contributed by atoms with Crippen LogP contribution in [0.3, 0.4) is 0 Å². The number of hydrogen-bond donors (Lipinski definition) is 2. The lowest BCUT2D eigenvalue weighted by molar-refractivity contribution is 0.592. The Morgan fingerprint density at radius 2 is 2.00 bits per heavy atom. The van der Waals surface area contributed by atoms with Gasteiger partial charge >= 0.3 is 0 Å². The molecule has 0 bridgehead atoms. The normalized spacial score (nSPS) is 12.2. The van der Waals surface area contributed by atoms with Gasteiger partial charge in [0.1, 0.15) is 5.82 Å². The minimum Gasteiger partial charge on any atom is -0.370 e. The van der Waals surface area contributed by atoms with E-state index in [2.05, 4.69) is 41.4 Å². The lowest BCUT2D eigenvalue weighted by Gasteiger charge is -2.12. The minimum absolute atomic E-state index is 0.664. The Morgan fingerprint density at radius 1 is 1.24 bits per heavy atom. The zero-order valence-corrected chi connectivity index (χ0v) is 11.4. The first-order chi connectivity index (χ1) is 8.15. The molecule has 0 saturated heterocycles. The smallest absolute Gasteiger partial charge is 0.224 e. The highest BCUT2D eigenvalue weighted by atomic mass is 15.1.